The van der Waals surface area contributed by atoms with E-state index in [1.165, 1.54) is 6.08 Å². The van der Waals surface area contributed by atoms with Crippen LogP contribution in [0.5, 0.6) is 0 Å². The number of carbonyl (C=O) groups excluding carboxylic acids is 3. The Balaban J connectivity index is 1.55. The Morgan fingerprint density at radius 2 is 1.88 bits per heavy atom. The normalized spacial score (nSPS) is 27.2. The van der Waals surface area contributed by atoms with E-state index in [1.807, 2.05) is 19.1 Å². The fourth-order valence-corrected chi connectivity index (χ4v) is 4.85. The molecule has 1 unspecified atom stereocenters. The van der Waals surface area contributed by atoms with Crippen LogP contribution in [0.3, 0.4) is 0 Å². The molecular weight excluding hydrogens is 516 g/mol. The number of amides is 2. The van der Waals surface area contributed by atoms with Crippen molar-refractivity contribution >= 4 is 17.8 Å². The summed E-state index contributed by atoms with van der Waals surface area (Å²) in [6.45, 7) is 6.69. The average Bonchev–Trinajstić information content (AvgIpc) is 2.90. The van der Waals surface area contributed by atoms with Crippen molar-refractivity contribution in [3.05, 3.63) is 23.8 Å². The van der Waals surface area contributed by atoms with Gasteiger partial charge in [-0.3, -0.25) is 9.59 Å². The maximum Gasteiger partial charge on any atom is 0.330 e. The summed E-state index contributed by atoms with van der Waals surface area (Å²) >= 11 is 0. The Labute approximate surface area is 238 Å². The van der Waals surface area contributed by atoms with Crippen LogP contribution >= 0.6 is 0 Å². The highest BCUT2D eigenvalue weighted by molar-refractivity contribution is 5.88. The first-order valence-electron chi connectivity index (χ1n) is 14.8. The molecule has 0 aromatic heterocycles. The minimum atomic E-state index is -1.06. The topological polar surface area (TPSA) is 154 Å². The molecule has 0 spiro atoms. The van der Waals surface area contributed by atoms with Crippen LogP contribution in [0, 0.1) is 11.8 Å². The van der Waals surface area contributed by atoms with Gasteiger partial charge in [-0.05, 0) is 58.3 Å². The number of aliphatic hydroxyl groups excluding tert-OH is 3. The molecule has 0 radical (unpaired) electrons. The van der Waals surface area contributed by atoms with Crippen LogP contribution in [0.1, 0.15) is 85.0 Å². The van der Waals surface area contributed by atoms with E-state index in [-0.39, 0.29) is 23.7 Å². The monoisotopic (exact) mass is 566 g/mol. The first-order valence-corrected chi connectivity index (χ1v) is 14.8. The van der Waals surface area contributed by atoms with Crippen molar-refractivity contribution in [3.8, 4) is 0 Å². The predicted molar refractivity (Wildman–Crippen MR) is 151 cm³/mol. The van der Waals surface area contributed by atoms with Gasteiger partial charge in [0.25, 0.3) is 0 Å². The number of rotatable bonds is 16. The van der Waals surface area contributed by atoms with Crippen molar-refractivity contribution in [3.63, 3.8) is 0 Å². The Hall–Kier alpha value is -2.27. The van der Waals surface area contributed by atoms with Crippen molar-refractivity contribution in [2.45, 2.75) is 115 Å². The van der Waals surface area contributed by atoms with E-state index in [9.17, 15) is 29.7 Å². The van der Waals surface area contributed by atoms with Crippen molar-refractivity contribution < 1.29 is 39.2 Å². The second kappa shape index (κ2) is 18.2. The smallest absolute Gasteiger partial charge is 0.330 e. The van der Waals surface area contributed by atoms with Crippen LogP contribution < -0.4 is 10.6 Å². The molecular formula is C30H50N2O8. The SMILES string of the molecule is C/C(=C\C(=O)OCCCCCCCC(=O)NC1CCCNC1=O)C[C@@H]1OC[C@H](C/C=C/[C@@H](C)[C@H](C)O)[C@@H](O)[C@H]1O. The van der Waals surface area contributed by atoms with Crippen molar-refractivity contribution in [1.82, 2.24) is 10.6 Å². The minimum absolute atomic E-state index is 0.00944. The second-order valence-electron chi connectivity index (χ2n) is 11.3. The third kappa shape index (κ3) is 12.5. The summed E-state index contributed by atoms with van der Waals surface area (Å²) in [5, 5.41) is 36.2. The molecule has 5 N–H and O–H groups in total. The van der Waals surface area contributed by atoms with E-state index in [2.05, 4.69) is 10.6 Å². The molecule has 0 saturated carbocycles. The summed E-state index contributed by atoms with van der Waals surface area (Å²) in [4.78, 5) is 35.9. The molecule has 2 fully saturated rings. The van der Waals surface area contributed by atoms with Gasteiger partial charge in [-0.25, -0.2) is 4.79 Å². The zero-order valence-electron chi connectivity index (χ0n) is 24.3. The molecule has 2 aliphatic rings. The highest BCUT2D eigenvalue weighted by atomic mass is 16.5. The third-order valence-electron chi connectivity index (χ3n) is 7.68. The van der Waals surface area contributed by atoms with Crippen LogP contribution in [0.2, 0.25) is 0 Å². The van der Waals surface area contributed by atoms with E-state index in [4.69, 9.17) is 9.47 Å². The second-order valence-corrected chi connectivity index (χ2v) is 11.3. The average molecular weight is 567 g/mol. The molecule has 2 rings (SSSR count). The zero-order valence-corrected chi connectivity index (χ0v) is 24.3. The number of piperidine rings is 1. The maximum absolute atomic E-state index is 12.2. The summed E-state index contributed by atoms with van der Waals surface area (Å²) in [6.07, 6.45) is 9.19. The van der Waals surface area contributed by atoms with Crippen LogP contribution in [0.25, 0.3) is 0 Å². The van der Waals surface area contributed by atoms with Crippen molar-refractivity contribution in [2.75, 3.05) is 19.8 Å². The number of unbranched alkanes of at least 4 members (excludes halogenated alkanes) is 4. The van der Waals surface area contributed by atoms with Crippen molar-refractivity contribution in [1.29, 1.82) is 0 Å². The fraction of sp³-hybridized carbons (Fsp3) is 0.767. The molecule has 0 bridgehead atoms. The lowest BCUT2D eigenvalue weighted by molar-refractivity contribution is -0.162. The first kappa shape index (κ1) is 33.9. The van der Waals surface area contributed by atoms with Gasteiger partial charge < -0.3 is 35.4 Å². The molecule has 40 heavy (non-hydrogen) atoms. The molecule has 0 aromatic rings. The summed E-state index contributed by atoms with van der Waals surface area (Å²) in [5.41, 5.74) is 0.703. The standard InChI is InChI=1S/C30H50N2O8/c1-20(17-25-29(37)28(36)23(19-40-25)12-9-11-21(2)22(3)33)18-27(35)39-16-8-6-4-5-7-14-26(34)32-24-13-10-15-31-30(24)38/h9,11,18,21-25,28-29,33,36-37H,4-8,10,12-17,19H2,1-3H3,(H,31,38)(H,32,34)/b11-9+,20-18+/t21-,22+,23+,24?,25+,28-,29+/m1/s1. The molecule has 2 amide bonds. The van der Waals surface area contributed by atoms with Crippen LogP contribution in [0.4, 0.5) is 0 Å². The van der Waals surface area contributed by atoms with Gasteiger partial charge in [-0.2, -0.15) is 0 Å². The number of ether oxygens (including phenoxy) is 2. The van der Waals surface area contributed by atoms with Crippen LogP contribution in [-0.4, -0.2) is 83.3 Å². The van der Waals surface area contributed by atoms with Gasteiger partial charge >= 0.3 is 5.97 Å². The van der Waals surface area contributed by atoms with Gasteiger partial charge in [0.15, 0.2) is 0 Å². The lowest BCUT2D eigenvalue weighted by Crippen LogP contribution is -2.50. The largest absolute Gasteiger partial charge is 0.463 e. The van der Waals surface area contributed by atoms with E-state index in [1.54, 1.807) is 13.8 Å². The minimum Gasteiger partial charge on any atom is -0.463 e. The number of hydrogen-bond acceptors (Lipinski definition) is 8. The van der Waals surface area contributed by atoms with Gasteiger partial charge in [0, 0.05) is 25.0 Å². The Morgan fingerprint density at radius 3 is 2.60 bits per heavy atom. The van der Waals surface area contributed by atoms with E-state index in [0.717, 1.165) is 38.5 Å². The summed E-state index contributed by atoms with van der Waals surface area (Å²) in [5.74, 6) is -0.859. The van der Waals surface area contributed by atoms with Gasteiger partial charge in [0.1, 0.15) is 12.1 Å². The van der Waals surface area contributed by atoms with Crippen molar-refractivity contribution in [2.24, 2.45) is 11.8 Å². The number of esters is 1. The first-order chi connectivity index (χ1) is 19.1. The van der Waals surface area contributed by atoms with Gasteiger partial charge in [-0.1, -0.05) is 43.9 Å². The highest BCUT2D eigenvalue weighted by Crippen LogP contribution is 2.27. The van der Waals surface area contributed by atoms with Crippen LogP contribution in [0.15, 0.2) is 23.8 Å². The Bertz CT molecular complexity index is 859. The van der Waals surface area contributed by atoms with E-state index in [0.29, 0.717) is 51.0 Å². The maximum atomic E-state index is 12.2. The molecule has 7 atom stereocenters. The van der Waals surface area contributed by atoms with Gasteiger partial charge in [0.05, 0.1) is 31.5 Å². The zero-order chi connectivity index (χ0) is 29.5. The lowest BCUT2D eigenvalue weighted by atomic mass is 9.87. The quantitative estimate of drug-likeness (QED) is 0.0825. The molecule has 0 aromatic carbocycles. The summed E-state index contributed by atoms with van der Waals surface area (Å²) in [6, 6.07) is -0.406. The predicted octanol–water partition coefficient (Wildman–Crippen LogP) is 2.30. The van der Waals surface area contributed by atoms with Gasteiger partial charge in [-0.15, -0.1) is 0 Å². The molecule has 10 nitrogen and oxygen atoms in total. The highest BCUT2D eigenvalue weighted by Gasteiger charge is 2.37. The third-order valence-corrected chi connectivity index (χ3v) is 7.68. The summed E-state index contributed by atoms with van der Waals surface area (Å²) in [7, 11) is 0. The van der Waals surface area contributed by atoms with E-state index < -0.39 is 36.4 Å². The number of nitrogens with one attached hydrogen (secondary N) is 2. The number of carbonyl (C=O) groups is 3. The fourth-order valence-electron chi connectivity index (χ4n) is 4.85. The molecule has 228 valence electrons. The molecule has 2 saturated heterocycles. The van der Waals surface area contributed by atoms with E-state index >= 15 is 0 Å². The number of allylic oxidation sites excluding steroid dienone is 1. The summed E-state index contributed by atoms with van der Waals surface area (Å²) < 4.78 is 11.1. The van der Waals surface area contributed by atoms with Crippen LogP contribution in [-0.2, 0) is 23.9 Å². The Kier molecular flexibility index (Phi) is 15.5. The molecule has 2 heterocycles. The molecule has 0 aliphatic carbocycles. The molecule has 10 heteroatoms. The lowest BCUT2D eigenvalue weighted by Gasteiger charge is -2.37. The number of hydrogen-bond donors (Lipinski definition) is 5. The number of aliphatic hydroxyl groups is 3. The Morgan fingerprint density at radius 1 is 1.15 bits per heavy atom. The van der Waals surface area contributed by atoms with Gasteiger partial charge in [0.2, 0.25) is 11.8 Å². The molecule has 2 aliphatic heterocycles.